The van der Waals surface area contributed by atoms with Crippen LogP contribution in [-0.2, 0) is 16.0 Å². The number of pyridine rings is 1. The van der Waals surface area contributed by atoms with Crippen LogP contribution in [0, 0.1) is 5.92 Å². The molecule has 2 atom stereocenters. The number of rotatable bonds is 4. The molecule has 4 heteroatoms. The van der Waals surface area contributed by atoms with Gasteiger partial charge in [-0.05, 0) is 30.4 Å². The molecule has 0 spiro atoms. The molecule has 0 bridgehead atoms. The summed E-state index contributed by atoms with van der Waals surface area (Å²) in [6, 6.07) is 3.95. The van der Waals surface area contributed by atoms with E-state index >= 15 is 0 Å². The van der Waals surface area contributed by atoms with Crippen molar-refractivity contribution in [1.82, 2.24) is 10.3 Å². The number of fused-ring (bicyclic) bond motifs is 1. The lowest BCUT2D eigenvalue weighted by Gasteiger charge is -2.24. The molecule has 2 rings (SSSR count). The Hall–Kier alpha value is -1.42. The zero-order valence-corrected chi connectivity index (χ0v) is 11.1. The molecule has 2 unspecified atom stereocenters. The first-order valence-electron chi connectivity index (χ1n) is 6.41. The van der Waals surface area contributed by atoms with E-state index in [9.17, 15) is 4.79 Å². The Balaban J connectivity index is 2.12. The highest BCUT2D eigenvalue weighted by atomic mass is 16.5. The first-order valence-corrected chi connectivity index (χ1v) is 6.41. The molecule has 4 nitrogen and oxygen atoms in total. The lowest BCUT2D eigenvalue weighted by molar-refractivity contribution is -0.144. The van der Waals surface area contributed by atoms with Crippen LogP contribution in [0.15, 0.2) is 18.3 Å². The molecule has 1 N–H and O–H groups in total. The van der Waals surface area contributed by atoms with Gasteiger partial charge in [-0.1, -0.05) is 19.9 Å². The molecule has 0 saturated heterocycles. The van der Waals surface area contributed by atoms with Crippen molar-refractivity contribution >= 4 is 5.97 Å². The highest BCUT2D eigenvalue weighted by molar-refractivity contribution is 5.76. The predicted molar refractivity (Wildman–Crippen MR) is 69.1 cm³/mol. The Labute approximate surface area is 108 Å². The Morgan fingerprint density at radius 2 is 2.33 bits per heavy atom. The maximum absolute atomic E-state index is 11.7. The van der Waals surface area contributed by atoms with Gasteiger partial charge < -0.3 is 4.74 Å². The van der Waals surface area contributed by atoms with Crippen LogP contribution in [0.5, 0.6) is 0 Å². The number of aryl methyl sites for hydroxylation is 1. The van der Waals surface area contributed by atoms with Gasteiger partial charge in [-0.15, -0.1) is 0 Å². The zero-order valence-electron chi connectivity index (χ0n) is 11.1. The van der Waals surface area contributed by atoms with Crippen molar-refractivity contribution in [3.8, 4) is 0 Å². The molecule has 1 aliphatic carbocycles. The maximum Gasteiger partial charge on any atom is 0.323 e. The van der Waals surface area contributed by atoms with Crippen molar-refractivity contribution in [2.45, 2.75) is 38.8 Å². The Morgan fingerprint density at radius 1 is 1.56 bits per heavy atom. The van der Waals surface area contributed by atoms with E-state index < -0.39 is 0 Å². The lowest BCUT2D eigenvalue weighted by Crippen LogP contribution is -2.43. The van der Waals surface area contributed by atoms with Crippen LogP contribution in [0.2, 0.25) is 0 Å². The third-order valence-corrected chi connectivity index (χ3v) is 3.46. The fraction of sp³-hybridized carbons (Fsp3) is 0.571. The Bertz CT molecular complexity index is 432. The van der Waals surface area contributed by atoms with Crippen molar-refractivity contribution in [3.63, 3.8) is 0 Å². The zero-order chi connectivity index (χ0) is 13.1. The summed E-state index contributed by atoms with van der Waals surface area (Å²) in [4.78, 5) is 16.2. The Kier molecular flexibility index (Phi) is 3.97. The molecule has 0 saturated carbocycles. The van der Waals surface area contributed by atoms with Gasteiger partial charge in [-0.25, -0.2) is 0 Å². The van der Waals surface area contributed by atoms with Gasteiger partial charge in [0.15, 0.2) is 0 Å². The van der Waals surface area contributed by atoms with Crippen LogP contribution in [0.3, 0.4) is 0 Å². The number of hydrogen-bond acceptors (Lipinski definition) is 4. The molecule has 18 heavy (non-hydrogen) atoms. The van der Waals surface area contributed by atoms with Crippen molar-refractivity contribution < 1.29 is 9.53 Å². The predicted octanol–water partition coefficient (Wildman–Crippen LogP) is 1.86. The van der Waals surface area contributed by atoms with Gasteiger partial charge in [0.1, 0.15) is 6.04 Å². The van der Waals surface area contributed by atoms with Gasteiger partial charge in [0.25, 0.3) is 0 Å². The molecule has 1 aromatic heterocycles. The number of nitrogens with one attached hydrogen (secondary N) is 1. The van der Waals surface area contributed by atoms with E-state index in [0.717, 1.165) is 18.5 Å². The average molecular weight is 248 g/mol. The number of hydrogen-bond donors (Lipinski definition) is 1. The monoisotopic (exact) mass is 248 g/mol. The van der Waals surface area contributed by atoms with Crippen LogP contribution in [0.1, 0.15) is 37.6 Å². The summed E-state index contributed by atoms with van der Waals surface area (Å²) >= 11 is 0. The first-order chi connectivity index (χ1) is 8.63. The van der Waals surface area contributed by atoms with Crippen molar-refractivity contribution in [2.24, 2.45) is 5.92 Å². The quantitative estimate of drug-likeness (QED) is 0.826. The second-order valence-corrected chi connectivity index (χ2v) is 5.05. The number of ether oxygens (including phenoxy) is 1. The molecule has 1 heterocycles. The smallest absolute Gasteiger partial charge is 0.323 e. The first kappa shape index (κ1) is 13.0. The van der Waals surface area contributed by atoms with E-state index in [4.69, 9.17) is 4.74 Å². The van der Waals surface area contributed by atoms with Gasteiger partial charge in [-0.2, -0.15) is 0 Å². The number of nitrogens with zero attached hydrogens (tertiary/aromatic N) is 1. The lowest BCUT2D eigenvalue weighted by atomic mass is 10.0. The van der Waals surface area contributed by atoms with E-state index in [1.54, 1.807) is 6.20 Å². The second-order valence-electron chi connectivity index (χ2n) is 5.05. The van der Waals surface area contributed by atoms with Crippen LogP contribution in [0.4, 0.5) is 0 Å². The second kappa shape index (κ2) is 5.48. The molecule has 0 fully saturated rings. The molecule has 1 aliphatic rings. The minimum atomic E-state index is -0.270. The SMILES string of the molecule is COC(=O)C(NC1CCc2cccnc21)C(C)C. The average Bonchev–Trinajstić information content (AvgIpc) is 2.78. The number of esters is 1. The fourth-order valence-corrected chi connectivity index (χ4v) is 2.45. The summed E-state index contributed by atoms with van der Waals surface area (Å²) in [5.41, 5.74) is 2.36. The van der Waals surface area contributed by atoms with Crippen LogP contribution in [-0.4, -0.2) is 24.1 Å². The van der Waals surface area contributed by atoms with E-state index in [1.165, 1.54) is 12.7 Å². The number of carbonyl (C=O) groups excluding carboxylic acids is 1. The fourth-order valence-electron chi connectivity index (χ4n) is 2.45. The molecule has 1 aromatic rings. The van der Waals surface area contributed by atoms with Crippen LogP contribution < -0.4 is 5.32 Å². The molecule has 0 aliphatic heterocycles. The number of carbonyl (C=O) groups is 1. The maximum atomic E-state index is 11.7. The topological polar surface area (TPSA) is 51.2 Å². The molecular weight excluding hydrogens is 228 g/mol. The number of aromatic nitrogens is 1. The largest absolute Gasteiger partial charge is 0.468 e. The molecule has 0 aromatic carbocycles. The van der Waals surface area contributed by atoms with E-state index in [1.807, 2.05) is 19.9 Å². The van der Waals surface area contributed by atoms with E-state index in [0.29, 0.717) is 0 Å². The third kappa shape index (κ3) is 2.53. The highest BCUT2D eigenvalue weighted by Gasteiger charge is 2.30. The Morgan fingerprint density at radius 3 is 3.00 bits per heavy atom. The standard InChI is InChI=1S/C14H20N2O2/c1-9(2)12(14(17)18-3)16-11-7-6-10-5-4-8-15-13(10)11/h4-5,8-9,11-12,16H,6-7H2,1-3H3. The van der Waals surface area contributed by atoms with Crippen molar-refractivity contribution in [2.75, 3.05) is 7.11 Å². The normalized spacial score (nSPS) is 19.7. The summed E-state index contributed by atoms with van der Waals surface area (Å²) in [6.07, 6.45) is 3.82. The minimum Gasteiger partial charge on any atom is -0.468 e. The van der Waals surface area contributed by atoms with E-state index in [2.05, 4.69) is 16.4 Å². The van der Waals surface area contributed by atoms with Gasteiger partial charge in [0.2, 0.25) is 0 Å². The van der Waals surface area contributed by atoms with Crippen LogP contribution in [0.25, 0.3) is 0 Å². The number of methoxy groups -OCH3 is 1. The molecule has 98 valence electrons. The molecular formula is C14H20N2O2. The molecule has 0 radical (unpaired) electrons. The summed E-state index contributed by atoms with van der Waals surface area (Å²) in [7, 11) is 1.43. The van der Waals surface area contributed by atoms with Crippen molar-refractivity contribution in [3.05, 3.63) is 29.6 Å². The van der Waals surface area contributed by atoms with Crippen LogP contribution >= 0.6 is 0 Å². The minimum absolute atomic E-state index is 0.160. The third-order valence-electron chi connectivity index (χ3n) is 3.46. The summed E-state index contributed by atoms with van der Waals surface area (Å²) in [5.74, 6) is -0.000377. The molecule has 0 amide bonds. The summed E-state index contributed by atoms with van der Waals surface area (Å²) < 4.78 is 4.85. The van der Waals surface area contributed by atoms with Gasteiger partial charge in [-0.3, -0.25) is 15.1 Å². The van der Waals surface area contributed by atoms with Crippen molar-refractivity contribution in [1.29, 1.82) is 0 Å². The highest BCUT2D eigenvalue weighted by Crippen LogP contribution is 2.29. The van der Waals surface area contributed by atoms with Gasteiger partial charge >= 0.3 is 5.97 Å². The van der Waals surface area contributed by atoms with E-state index in [-0.39, 0.29) is 24.0 Å². The van der Waals surface area contributed by atoms with Gasteiger partial charge in [0.05, 0.1) is 18.8 Å². The van der Waals surface area contributed by atoms with Gasteiger partial charge in [0, 0.05) is 6.20 Å². The summed E-state index contributed by atoms with van der Waals surface area (Å²) in [5, 5.41) is 3.39. The summed E-state index contributed by atoms with van der Waals surface area (Å²) in [6.45, 7) is 4.03.